The van der Waals surface area contributed by atoms with Crippen molar-refractivity contribution in [3.63, 3.8) is 0 Å². The Morgan fingerprint density at radius 1 is 1.03 bits per heavy atom. The molecule has 3 N–H and O–H groups in total. The van der Waals surface area contributed by atoms with Gasteiger partial charge < -0.3 is 25.2 Å². The van der Waals surface area contributed by atoms with Gasteiger partial charge in [-0.2, -0.15) is 0 Å². The Morgan fingerprint density at radius 2 is 1.65 bits per heavy atom. The Balaban J connectivity index is 1.21. The van der Waals surface area contributed by atoms with Gasteiger partial charge in [-0.05, 0) is 47.9 Å². The highest BCUT2D eigenvalue weighted by Crippen LogP contribution is 2.44. The molecule has 2 aromatic carbocycles. The second-order valence-electron chi connectivity index (χ2n) is 9.49. The van der Waals surface area contributed by atoms with Crippen LogP contribution in [0, 0.1) is 11.8 Å². The van der Waals surface area contributed by atoms with Crippen molar-refractivity contribution in [1.82, 2.24) is 10.6 Å². The summed E-state index contributed by atoms with van der Waals surface area (Å²) in [5.74, 6) is -2.31. The molecule has 34 heavy (non-hydrogen) atoms. The molecule has 8 nitrogen and oxygen atoms in total. The van der Waals surface area contributed by atoms with E-state index >= 15 is 0 Å². The van der Waals surface area contributed by atoms with Crippen molar-refractivity contribution in [2.24, 2.45) is 11.8 Å². The molecule has 2 amide bonds. The van der Waals surface area contributed by atoms with Gasteiger partial charge in [-0.1, -0.05) is 48.5 Å². The molecule has 0 bridgehead atoms. The Bertz CT molecular complexity index is 1080. The molecule has 8 heteroatoms. The lowest BCUT2D eigenvalue weighted by Gasteiger charge is -2.28. The van der Waals surface area contributed by atoms with Crippen molar-refractivity contribution < 1.29 is 29.0 Å². The lowest BCUT2D eigenvalue weighted by molar-refractivity contribution is -0.148. The van der Waals surface area contributed by atoms with Gasteiger partial charge in [0.1, 0.15) is 12.1 Å². The fourth-order valence-electron chi connectivity index (χ4n) is 5.09. The summed E-state index contributed by atoms with van der Waals surface area (Å²) in [7, 11) is 0. The van der Waals surface area contributed by atoms with E-state index in [0.29, 0.717) is 0 Å². The van der Waals surface area contributed by atoms with E-state index in [1.807, 2.05) is 36.4 Å². The molecular formula is C26H28N2O6. The number of nitrogens with one attached hydrogen (secondary N) is 2. The van der Waals surface area contributed by atoms with Crippen molar-refractivity contribution in [1.29, 1.82) is 0 Å². The molecule has 1 saturated carbocycles. The van der Waals surface area contributed by atoms with Crippen LogP contribution in [0.2, 0.25) is 0 Å². The van der Waals surface area contributed by atoms with Crippen molar-refractivity contribution in [3.8, 4) is 11.1 Å². The molecule has 2 fully saturated rings. The van der Waals surface area contributed by atoms with Gasteiger partial charge in [-0.15, -0.1) is 0 Å². The summed E-state index contributed by atoms with van der Waals surface area (Å²) in [5.41, 5.74) is 3.21. The first-order valence-electron chi connectivity index (χ1n) is 11.6. The maximum absolute atomic E-state index is 12.9. The predicted molar refractivity (Wildman–Crippen MR) is 123 cm³/mol. The normalized spacial score (nSPS) is 22.9. The summed E-state index contributed by atoms with van der Waals surface area (Å²) in [6.07, 6.45) is 0.913. The zero-order valence-corrected chi connectivity index (χ0v) is 19.0. The van der Waals surface area contributed by atoms with Crippen LogP contribution in [0.5, 0.6) is 0 Å². The van der Waals surface area contributed by atoms with Crippen LogP contribution in [0.1, 0.15) is 36.8 Å². The minimum Gasteiger partial charge on any atom is -0.480 e. The molecule has 2 aliphatic carbocycles. The number of carbonyl (C=O) groups excluding carboxylic acids is 2. The summed E-state index contributed by atoms with van der Waals surface area (Å²) in [6, 6.07) is 15.6. The fraction of sp³-hybridized carbons (Fsp3) is 0.423. The third-order valence-corrected chi connectivity index (χ3v) is 7.29. The average molecular weight is 465 g/mol. The van der Waals surface area contributed by atoms with Crippen LogP contribution in [-0.4, -0.2) is 54.5 Å². The Morgan fingerprint density at radius 3 is 2.24 bits per heavy atom. The van der Waals surface area contributed by atoms with Crippen molar-refractivity contribution >= 4 is 18.0 Å². The van der Waals surface area contributed by atoms with Crippen LogP contribution in [0.3, 0.4) is 0 Å². The van der Waals surface area contributed by atoms with Gasteiger partial charge in [-0.3, -0.25) is 4.79 Å². The minimum atomic E-state index is -1.31. The zero-order chi connectivity index (χ0) is 23.9. The molecule has 5 rings (SSSR count). The average Bonchev–Trinajstić information content (AvgIpc) is 3.51. The highest BCUT2D eigenvalue weighted by atomic mass is 16.5. The SMILES string of the molecule is CC(NC(=O)C1COCC1NC(=O)OCC1c2ccccc2-c2ccccc21)(C(=O)O)C1CC1. The molecule has 3 aliphatic rings. The molecule has 3 unspecified atom stereocenters. The van der Waals surface area contributed by atoms with Crippen LogP contribution < -0.4 is 10.6 Å². The molecule has 178 valence electrons. The van der Waals surface area contributed by atoms with Gasteiger partial charge in [0.2, 0.25) is 5.91 Å². The molecule has 3 atom stereocenters. The van der Waals surface area contributed by atoms with Crippen LogP contribution >= 0.6 is 0 Å². The summed E-state index contributed by atoms with van der Waals surface area (Å²) in [6.45, 7) is 1.98. The van der Waals surface area contributed by atoms with Crippen LogP contribution in [-0.2, 0) is 19.1 Å². The third-order valence-electron chi connectivity index (χ3n) is 7.29. The standard InChI is InChI=1S/C26H28N2O6/c1-26(24(30)31,15-10-11-15)28-23(29)21-12-33-14-22(21)27-25(32)34-13-20-18-8-4-2-6-16(18)17-7-3-5-9-19(17)20/h2-9,15,20-22H,10-14H2,1H3,(H,27,32)(H,28,29)(H,30,31). The second kappa shape index (κ2) is 8.76. The van der Waals surface area contributed by atoms with Crippen molar-refractivity contribution in [2.75, 3.05) is 19.8 Å². The van der Waals surface area contributed by atoms with Gasteiger partial charge in [0.15, 0.2) is 0 Å². The molecule has 1 saturated heterocycles. The lowest BCUT2D eigenvalue weighted by Crippen LogP contribution is -2.57. The highest BCUT2D eigenvalue weighted by molar-refractivity contribution is 5.89. The number of carboxylic acid groups (broad SMARTS) is 1. The van der Waals surface area contributed by atoms with Crippen LogP contribution in [0.25, 0.3) is 11.1 Å². The van der Waals surface area contributed by atoms with Crippen molar-refractivity contribution in [3.05, 3.63) is 59.7 Å². The monoisotopic (exact) mass is 464 g/mol. The van der Waals surface area contributed by atoms with Gasteiger partial charge in [0, 0.05) is 5.92 Å². The van der Waals surface area contributed by atoms with E-state index in [9.17, 15) is 19.5 Å². The zero-order valence-electron chi connectivity index (χ0n) is 19.0. The number of hydrogen-bond acceptors (Lipinski definition) is 5. The number of benzene rings is 2. The maximum atomic E-state index is 12.9. The van der Waals surface area contributed by atoms with Gasteiger partial charge in [-0.25, -0.2) is 9.59 Å². The van der Waals surface area contributed by atoms with Gasteiger partial charge in [0.25, 0.3) is 0 Å². The van der Waals surface area contributed by atoms with Crippen molar-refractivity contribution in [2.45, 2.75) is 37.3 Å². The van der Waals surface area contributed by atoms with Gasteiger partial charge in [0.05, 0.1) is 25.2 Å². The summed E-state index contributed by atoms with van der Waals surface area (Å²) >= 11 is 0. The van der Waals surface area contributed by atoms with E-state index in [2.05, 4.69) is 22.8 Å². The first-order chi connectivity index (χ1) is 16.4. The molecule has 1 aliphatic heterocycles. The quantitative estimate of drug-likeness (QED) is 0.581. The number of rotatable bonds is 7. The Kier molecular flexibility index (Phi) is 5.77. The molecular weight excluding hydrogens is 436 g/mol. The number of amides is 2. The number of fused-ring (bicyclic) bond motifs is 3. The van der Waals surface area contributed by atoms with Gasteiger partial charge >= 0.3 is 12.1 Å². The topological polar surface area (TPSA) is 114 Å². The number of aliphatic carboxylic acids is 1. The summed E-state index contributed by atoms with van der Waals surface area (Å²) in [4.78, 5) is 37.3. The number of carbonyl (C=O) groups is 3. The summed E-state index contributed by atoms with van der Waals surface area (Å²) in [5, 5.41) is 15.1. The molecule has 0 aromatic heterocycles. The van der Waals surface area contributed by atoms with E-state index in [4.69, 9.17) is 9.47 Å². The third kappa shape index (κ3) is 4.03. The van der Waals surface area contributed by atoms with E-state index in [-0.39, 0.29) is 31.7 Å². The smallest absolute Gasteiger partial charge is 0.407 e. The van der Waals surface area contributed by atoms with E-state index in [1.165, 1.54) is 6.92 Å². The lowest BCUT2D eigenvalue weighted by atomic mass is 9.93. The fourth-order valence-corrected chi connectivity index (χ4v) is 5.09. The van der Waals surface area contributed by atoms with E-state index in [1.54, 1.807) is 0 Å². The number of carboxylic acids is 1. The van der Waals surface area contributed by atoms with Crippen LogP contribution in [0.4, 0.5) is 4.79 Å². The Labute approximate surface area is 197 Å². The van der Waals surface area contributed by atoms with Crippen LogP contribution in [0.15, 0.2) is 48.5 Å². The second-order valence-corrected chi connectivity index (χ2v) is 9.49. The number of hydrogen-bond donors (Lipinski definition) is 3. The van der Waals surface area contributed by atoms with E-state index in [0.717, 1.165) is 35.1 Å². The largest absolute Gasteiger partial charge is 0.480 e. The molecule has 2 aromatic rings. The molecule has 0 radical (unpaired) electrons. The Hall–Kier alpha value is -3.39. The predicted octanol–water partition coefficient (Wildman–Crippen LogP) is 2.91. The number of alkyl carbamates (subject to hydrolysis) is 1. The maximum Gasteiger partial charge on any atom is 0.407 e. The highest BCUT2D eigenvalue weighted by Gasteiger charge is 2.50. The molecule has 0 spiro atoms. The first kappa shape index (κ1) is 22.4. The summed E-state index contributed by atoms with van der Waals surface area (Å²) < 4.78 is 11.0. The minimum absolute atomic E-state index is 0.0631. The van der Waals surface area contributed by atoms with E-state index < -0.39 is 35.5 Å². The first-order valence-corrected chi connectivity index (χ1v) is 11.6. The number of ether oxygens (including phenoxy) is 2. The molecule has 1 heterocycles.